The van der Waals surface area contributed by atoms with Gasteiger partial charge in [0.1, 0.15) is 4.21 Å². The van der Waals surface area contributed by atoms with Crippen molar-refractivity contribution in [2.45, 2.75) is 30.0 Å². The van der Waals surface area contributed by atoms with Gasteiger partial charge in [0.15, 0.2) is 9.84 Å². The standard InChI is InChI=1S/C16H17NO3S2/c1-10-3-5-12-11(9-10)4-6-13(12)17-16(18)14-7-8-15(21-14)22(2,19)20/h3,5,7-9,13H,4,6H2,1-2H3,(H,17,18)/t13-/m1/s1. The van der Waals surface area contributed by atoms with Crippen molar-refractivity contribution in [2.75, 3.05) is 6.26 Å². The molecule has 0 spiro atoms. The fourth-order valence-electron chi connectivity index (χ4n) is 2.77. The molecular weight excluding hydrogens is 318 g/mol. The molecule has 0 unspecified atom stereocenters. The zero-order valence-electron chi connectivity index (χ0n) is 12.4. The number of fused-ring (bicyclic) bond motifs is 1. The first-order chi connectivity index (χ1) is 10.3. The lowest BCUT2D eigenvalue weighted by molar-refractivity contribution is 0.0941. The second-order valence-electron chi connectivity index (χ2n) is 5.66. The Morgan fingerprint density at radius 3 is 2.73 bits per heavy atom. The molecule has 0 saturated carbocycles. The van der Waals surface area contributed by atoms with Crippen molar-refractivity contribution in [3.05, 3.63) is 51.9 Å². The van der Waals surface area contributed by atoms with Crippen LogP contribution in [0.5, 0.6) is 0 Å². The molecule has 0 radical (unpaired) electrons. The van der Waals surface area contributed by atoms with Crippen molar-refractivity contribution in [1.29, 1.82) is 0 Å². The average molecular weight is 335 g/mol. The van der Waals surface area contributed by atoms with E-state index in [-0.39, 0.29) is 16.2 Å². The van der Waals surface area contributed by atoms with E-state index >= 15 is 0 Å². The van der Waals surface area contributed by atoms with Gasteiger partial charge in [-0.3, -0.25) is 4.79 Å². The quantitative estimate of drug-likeness (QED) is 0.938. The van der Waals surface area contributed by atoms with Gasteiger partial charge in [-0.2, -0.15) is 0 Å². The van der Waals surface area contributed by atoms with Crippen molar-refractivity contribution in [3.63, 3.8) is 0 Å². The maximum Gasteiger partial charge on any atom is 0.261 e. The highest BCUT2D eigenvalue weighted by Crippen LogP contribution is 2.32. The highest BCUT2D eigenvalue weighted by molar-refractivity contribution is 7.92. The molecule has 1 aromatic heterocycles. The van der Waals surface area contributed by atoms with Gasteiger partial charge in [0, 0.05) is 6.26 Å². The molecule has 1 aromatic carbocycles. The van der Waals surface area contributed by atoms with Crippen LogP contribution in [0.4, 0.5) is 0 Å². The molecule has 1 heterocycles. The highest BCUT2D eigenvalue weighted by atomic mass is 32.2. The van der Waals surface area contributed by atoms with Crippen LogP contribution >= 0.6 is 11.3 Å². The van der Waals surface area contributed by atoms with Gasteiger partial charge in [-0.1, -0.05) is 23.8 Å². The van der Waals surface area contributed by atoms with Crippen LogP contribution in [0.15, 0.2) is 34.5 Å². The molecule has 3 rings (SSSR count). The van der Waals surface area contributed by atoms with Crippen molar-refractivity contribution in [2.24, 2.45) is 0 Å². The van der Waals surface area contributed by atoms with Gasteiger partial charge in [0.2, 0.25) is 0 Å². The third-order valence-corrected chi connectivity index (χ3v) is 6.76. The van der Waals surface area contributed by atoms with Crippen molar-refractivity contribution < 1.29 is 13.2 Å². The summed E-state index contributed by atoms with van der Waals surface area (Å²) in [5, 5.41) is 3.01. The topological polar surface area (TPSA) is 63.2 Å². The first kappa shape index (κ1) is 15.2. The summed E-state index contributed by atoms with van der Waals surface area (Å²) >= 11 is 1.02. The predicted octanol–water partition coefficient (Wildman–Crippen LogP) is 2.88. The number of carbonyl (C=O) groups excluding carboxylic acids is 1. The number of thiophene rings is 1. The predicted molar refractivity (Wildman–Crippen MR) is 87.1 cm³/mol. The van der Waals surface area contributed by atoms with Gasteiger partial charge < -0.3 is 5.32 Å². The summed E-state index contributed by atoms with van der Waals surface area (Å²) in [6.07, 6.45) is 2.99. The zero-order valence-corrected chi connectivity index (χ0v) is 14.1. The van der Waals surface area contributed by atoms with Crippen LogP contribution in [0.1, 0.15) is 38.8 Å². The van der Waals surface area contributed by atoms with Crippen LogP contribution in [-0.4, -0.2) is 20.6 Å². The summed E-state index contributed by atoms with van der Waals surface area (Å²) < 4.78 is 23.2. The number of hydrogen-bond donors (Lipinski definition) is 1. The third-order valence-electron chi connectivity index (χ3n) is 3.85. The highest BCUT2D eigenvalue weighted by Gasteiger charge is 2.25. The molecule has 2 aromatic rings. The average Bonchev–Trinajstić information content (AvgIpc) is 3.05. The smallest absolute Gasteiger partial charge is 0.261 e. The SMILES string of the molecule is Cc1ccc2c(c1)CC[C@H]2NC(=O)c1ccc(S(C)(=O)=O)s1. The lowest BCUT2D eigenvalue weighted by Gasteiger charge is -2.13. The Morgan fingerprint density at radius 1 is 1.27 bits per heavy atom. The summed E-state index contributed by atoms with van der Waals surface area (Å²) in [6, 6.07) is 9.35. The molecule has 1 aliphatic rings. The molecule has 4 nitrogen and oxygen atoms in total. The molecule has 1 amide bonds. The normalized spacial score (nSPS) is 17.3. The largest absolute Gasteiger partial charge is 0.345 e. The van der Waals surface area contributed by atoms with E-state index in [4.69, 9.17) is 0 Å². The number of benzene rings is 1. The lowest BCUT2D eigenvalue weighted by Crippen LogP contribution is -2.26. The van der Waals surface area contributed by atoms with Crippen molar-refractivity contribution in [1.82, 2.24) is 5.32 Å². The zero-order chi connectivity index (χ0) is 15.9. The van der Waals surface area contributed by atoms with E-state index < -0.39 is 9.84 Å². The molecule has 1 atom stereocenters. The summed E-state index contributed by atoms with van der Waals surface area (Å²) in [7, 11) is -3.26. The van der Waals surface area contributed by atoms with E-state index in [9.17, 15) is 13.2 Å². The number of hydrogen-bond acceptors (Lipinski definition) is 4. The van der Waals surface area contributed by atoms with E-state index in [0.29, 0.717) is 4.88 Å². The number of rotatable bonds is 3. The van der Waals surface area contributed by atoms with E-state index in [1.807, 2.05) is 0 Å². The molecule has 0 bridgehead atoms. The maximum absolute atomic E-state index is 12.3. The fourth-order valence-corrected chi connectivity index (χ4v) is 4.60. The second kappa shape index (κ2) is 5.52. The summed E-state index contributed by atoms with van der Waals surface area (Å²) in [5.41, 5.74) is 3.67. The minimum atomic E-state index is -3.26. The number of aryl methyl sites for hydroxylation is 2. The monoisotopic (exact) mass is 335 g/mol. The number of amides is 1. The summed E-state index contributed by atoms with van der Waals surface area (Å²) in [5.74, 6) is -0.210. The molecule has 1 N–H and O–H groups in total. The molecule has 116 valence electrons. The molecule has 0 saturated heterocycles. The van der Waals surface area contributed by atoms with E-state index in [1.54, 1.807) is 6.07 Å². The van der Waals surface area contributed by atoms with E-state index in [1.165, 1.54) is 22.8 Å². The molecule has 1 aliphatic carbocycles. The first-order valence-corrected chi connectivity index (χ1v) is 9.75. The Balaban J connectivity index is 1.78. The Morgan fingerprint density at radius 2 is 2.05 bits per heavy atom. The van der Waals surface area contributed by atoms with Crippen LogP contribution in [0.25, 0.3) is 0 Å². The Hall–Kier alpha value is -1.66. The van der Waals surface area contributed by atoms with Gasteiger partial charge in [0.05, 0.1) is 10.9 Å². The number of carbonyl (C=O) groups is 1. The Bertz CT molecular complexity index is 837. The lowest BCUT2D eigenvalue weighted by atomic mass is 10.1. The van der Waals surface area contributed by atoms with Crippen molar-refractivity contribution in [3.8, 4) is 0 Å². The molecule has 0 aliphatic heterocycles. The number of nitrogens with one attached hydrogen (secondary N) is 1. The van der Waals surface area contributed by atoms with E-state index in [2.05, 4.69) is 30.4 Å². The van der Waals surface area contributed by atoms with Gasteiger partial charge in [-0.05, 0) is 43.0 Å². The van der Waals surface area contributed by atoms with Gasteiger partial charge in [-0.25, -0.2) is 8.42 Å². The first-order valence-electron chi connectivity index (χ1n) is 7.05. The second-order valence-corrected chi connectivity index (χ2v) is 8.98. The van der Waals surface area contributed by atoms with Crippen LogP contribution < -0.4 is 5.32 Å². The molecular formula is C16H17NO3S2. The Labute approximate surface area is 134 Å². The Kier molecular flexibility index (Phi) is 3.82. The van der Waals surface area contributed by atoms with Crippen LogP contribution in [-0.2, 0) is 16.3 Å². The van der Waals surface area contributed by atoms with Crippen LogP contribution in [0.3, 0.4) is 0 Å². The minimum Gasteiger partial charge on any atom is -0.345 e. The third kappa shape index (κ3) is 2.94. The number of sulfone groups is 1. The van der Waals surface area contributed by atoms with Crippen molar-refractivity contribution >= 4 is 27.1 Å². The van der Waals surface area contributed by atoms with E-state index in [0.717, 1.165) is 30.4 Å². The molecule has 22 heavy (non-hydrogen) atoms. The fraction of sp³-hybridized carbons (Fsp3) is 0.312. The van der Waals surface area contributed by atoms with Gasteiger partial charge in [0.25, 0.3) is 5.91 Å². The van der Waals surface area contributed by atoms with Crippen LogP contribution in [0, 0.1) is 6.92 Å². The summed E-state index contributed by atoms with van der Waals surface area (Å²) in [4.78, 5) is 12.8. The summed E-state index contributed by atoms with van der Waals surface area (Å²) in [6.45, 7) is 2.06. The molecule has 0 fully saturated rings. The molecule has 6 heteroatoms. The van der Waals surface area contributed by atoms with Gasteiger partial charge in [-0.15, -0.1) is 11.3 Å². The maximum atomic E-state index is 12.3. The van der Waals surface area contributed by atoms with Crippen LogP contribution in [0.2, 0.25) is 0 Å². The van der Waals surface area contributed by atoms with Gasteiger partial charge >= 0.3 is 0 Å². The minimum absolute atomic E-state index is 0.00637.